The van der Waals surface area contributed by atoms with Gasteiger partial charge in [0.05, 0.1) is 6.04 Å². The van der Waals surface area contributed by atoms with E-state index in [1.165, 1.54) is 6.07 Å². The van der Waals surface area contributed by atoms with E-state index in [4.69, 9.17) is 4.74 Å². The lowest BCUT2D eigenvalue weighted by atomic mass is 10.1. The van der Waals surface area contributed by atoms with E-state index in [0.29, 0.717) is 13.1 Å². The second kappa shape index (κ2) is 5.00. The van der Waals surface area contributed by atoms with Crippen LogP contribution in [0.3, 0.4) is 0 Å². The summed E-state index contributed by atoms with van der Waals surface area (Å²) < 4.78 is 7.76. The molecule has 0 atom stereocenters. The molecule has 1 fully saturated rings. The van der Waals surface area contributed by atoms with Gasteiger partial charge in [-0.2, -0.15) is 0 Å². The van der Waals surface area contributed by atoms with Gasteiger partial charge in [-0.1, -0.05) is 0 Å². The van der Waals surface area contributed by atoms with Crippen LogP contribution in [0, 0.1) is 0 Å². The van der Waals surface area contributed by atoms with Crippen molar-refractivity contribution < 1.29 is 9.53 Å². The van der Waals surface area contributed by atoms with Crippen LogP contribution in [0.15, 0.2) is 27.6 Å². The first-order valence-electron chi connectivity index (χ1n) is 6.12. The number of pyridine rings is 1. The Bertz CT molecular complexity index is 542. The van der Waals surface area contributed by atoms with E-state index in [-0.39, 0.29) is 17.7 Å². The van der Waals surface area contributed by atoms with Gasteiger partial charge in [0.15, 0.2) is 0 Å². The average Bonchev–Trinajstić information content (AvgIpc) is 2.18. The van der Waals surface area contributed by atoms with Crippen molar-refractivity contribution in [2.75, 3.05) is 13.1 Å². The highest BCUT2D eigenvalue weighted by molar-refractivity contribution is 9.10. The van der Waals surface area contributed by atoms with Crippen molar-refractivity contribution in [2.24, 2.45) is 0 Å². The summed E-state index contributed by atoms with van der Waals surface area (Å²) in [6.45, 7) is 6.51. The molecule has 0 aliphatic carbocycles. The molecule has 2 rings (SSSR count). The number of amides is 1. The van der Waals surface area contributed by atoms with Crippen LogP contribution < -0.4 is 5.56 Å². The van der Waals surface area contributed by atoms with E-state index >= 15 is 0 Å². The van der Waals surface area contributed by atoms with Crippen LogP contribution in [-0.4, -0.2) is 34.3 Å². The van der Waals surface area contributed by atoms with Crippen LogP contribution in [0.25, 0.3) is 0 Å². The van der Waals surface area contributed by atoms with E-state index in [9.17, 15) is 9.59 Å². The van der Waals surface area contributed by atoms with Crippen molar-refractivity contribution in [1.82, 2.24) is 9.47 Å². The topological polar surface area (TPSA) is 51.5 Å². The molecule has 0 radical (unpaired) electrons. The smallest absolute Gasteiger partial charge is 0.410 e. The fourth-order valence-electron chi connectivity index (χ4n) is 1.87. The summed E-state index contributed by atoms with van der Waals surface area (Å²) in [6.07, 6.45) is 1.42. The summed E-state index contributed by atoms with van der Waals surface area (Å²) in [5, 5.41) is 0. The maximum Gasteiger partial charge on any atom is 0.410 e. The van der Waals surface area contributed by atoms with Gasteiger partial charge in [0.2, 0.25) is 0 Å². The molecule has 1 aliphatic heterocycles. The standard InChI is InChI=1S/C13H17BrN2O3/c1-13(2,3)19-12(18)15-7-10(8-15)16-6-9(14)4-5-11(16)17/h4-6,10H,7-8H2,1-3H3. The minimum absolute atomic E-state index is 0.0255. The zero-order chi connectivity index (χ0) is 14.2. The molecule has 5 nitrogen and oxygen atoms in total. The van der Waals surface area contributed by atoms with Crippen LogP contribution >= 0.6 is 15.9 Å². The second-order valence-corrected chi connectivity index (χ2v) is 6.55. The Kier molecular flexibility index (Phi) is 3.71. The first-order chi connectivity index (χ1) is 8.76. The molecular formula is C13H17BrN2O3. The highest BCUT2D eigenvalue weighted by atomic mass is 79.9. The Morgan fingerprint density at radius 1 is 1.37 bits per heavy atom. The van der Waals surface area contributed by atoms with Gasteiger partial charge in [-0.05, 0) is 42.8 Å². The number of halogens is 1. The summed E-state index contributed by atoms with van der Waals surface area (Å²) in [5.74, 6) is 0. The molecule has 0 saturated carbocycles. The van der Waals surface area contributed by atoms with E-state index in [0.717, 1.165) is 4.47 Å². The van der Waals surface area contributed by atoms with Crippen molar-refractivity contribution >= 4 is 22.0 Å². The van der Waals surface area contributed by atoms with E-state index in [2.05, 4.69) is 15.9 Å². The minimum Gasteiger partial charge on any atom is -0.444 e. The van der Waals surface area contributed by atoms with Crippen LogP contribution in [0.5, 0.6) is 0 Å². The quantitative estimate of drug-likeness (QED) is 0.795. The number of rotatable bonds is 1. The van der Waals surface area contributed by atoms with E-state index in [1.54, 1.807) is 21.7 Å². The van der Waals surface area contributed by atoms with Crippen LogP contribution in [0.4, 0.5) is 4.79 Å². The highest BCUT2D eigenvalue weighted by Crippen LogP contribution is 2.23. The largest absolute Gasteiger partial charge is 0.444 e. The third-order valence-corrected chi connectivity index (χ3v) is 3.28. The molecule has 0 unspecified atom stereocenters. The van der Waals surface area contributed by atoms with Gasteiger partial charge in [0.1, 0.15) is 5.60 Å². The second-order valence-electron chi connectivity index (χ2n) is 5.63. The molecule has 1 saturated heterocycles. The number of carbonyl (C=O) groups is 1. The average molecular weight is 329 g/mol. The Morgan fingerprint density at radius 2 is 2.00 bits per heavy atom. The van der Waals surface area contributed by atoms with Crippen molar-refractivity contribution in [2.45, 2.75) is 32.4 Å². The normalized spacial score (nSPS) is 16.1. The maximum atomic E-state index is 11.8. The fourth-order valence-corrected chi connectivity index (χ4v) is 2.22. The molecule has 1 amide bonds. The third kappa shape index (κ3) is 3.37. The molecular weight excluding hydrogens is 312 g/mol. The first-order valence-corrected chi connectivity index (χ1v) is 6.91. The van der Waals surface area contributed by atoms with Crippen molar-refractivity contribution in [3.8, 4) is 0 Å². The van der Waals surface area contributed by atoms with Crippen molar-refractivity contribution in [3.05, 3.63) is 33.2 Å². The number of hydrogen-bond acceptors (Lipinski definition) is 3. The molecule has 1 aromatic heterocycles. The van der Waals surface area contributed by atoms with Gasteiger partial charge >= 0.3 is 6.09 Å². The molecule has 1 aromatic rings. The lowest BCUT2D eigenvalue weighted by Crippen LogP contribution is -2.53. The van der Waals surface area contributed by atoms with E-state index < -0.39 is 5.60 Å². The lowest BCUT2D eigenvalue weighted by molar-refractivity contribution is 0.000641. The number of hydrogen-bond donors (Lipinski definition) is 0. The van der Waals surface area contributed by atoms with Crippen LogP contribution in [0.1, 0.15) is 26.8 Å². The minimum atomic E-state index is -0.491. The Labute approximate surface area is 120 Å². The molecule has 19 heavy (non-hydrogen) atoms. The zero-order valence-electron chi connectivity index (χ0n) is 11.2. The van der Waals surface area contributed by atoms with Crippen LogP contribution in [0.2, 0.25) is 0 Å². The Balaban J connectivity index is 1.98. The van der Waals surface area contributed by atoms with Gasteiger partial charge in [-0.3, -0.25) is 4.79 Å². The molecule has 6 heteroatoms. The summed E-state index contributed by atoms with van der Waals surface area (Å²) in [6, 6.07) is 3.25. The summed E-state index contributed by atoms with van der Waals surface area (Å²) in [5.41, 5.74) is -0.550. The molecule has 2 heterocycles. The summed E-state index contributed by atoms with van der Waals surface area (Å²) >= 11 is 3.34. The molecule has 0 N–H and O–H groups in total. The summed E-state index contributed by atoms with van der Waals surface area (Å²) in [7, 11) is 0. The van der Waals surface area contributed by atoms with Crippen molar-refractivity contribution in [3.63, 3.8) is 0 Å². The molecule has 0 bridgehead atoms. The SMILES string of the molecule is CC(C)(C)OC(=O)N1CC(n2cc(Br)ccc2=O)C1. The number of aromatic nitrogens is 1. The zero-order valence-corrected chi connectivity index (χ0v) is 12.8. The third-order valence-electron chi connectivity index (χ3n) is 2.81. The Morgan fingerprint density at radius 3 is 2.58 bits per heavy atom. The number of nitrogens with zero attached hydrogens (tertiary/aromatic N) is 2. The lowest BCUT2D eigenvalue weighted by Gasteiger charge is -2.40. The molecule has 1 aliphatic rings. The predicted octanol–water partition coefficient (Wildman–Crippen LogP) is 2.40. The van der Waals surface area contributed by atoms with Gasteiger partial charge in [0, 0.05) is 29.8 Å². The van der Waals surface area contributed by atoms with Gasteiger partial charge in [-0.15, -0.1) is 0 Å². The Hall–Kier alpha value is -1.30. The van der Waals surface area contributed by atoms with Gasteiger partial charge < -0.3 is 14.2 Å². The molecule has 0 spiro atoms. The van der Waals surface area contributed by atoms with Gasteiger partial charge in [0.25, 0.3) is 5.56 Å². The van der Waals surface area contributed by atoms with E-state index in [1.807, 2.05) is 20.8 Å². The maximum absolute atomic E-state index is 11.8. The molecule has 104 valence electrons. The number of ether oxygens (including phenoxy) is 1. The fraction of sp³-hybridized carbons (Fsp3) is 0.538. The predicted molar refractivity (Wildman–Crippen MR) is 75.2 cm³/mol. The number of likely N-dealkylation sites (tertiary alicyclic amines) is 1. The first kappa shape index (κ1) is 14.1. The van der Waals surface area contributed by atoms with Crippen LogP contribution in [-0.2, 0) is 4.74 Å². The summed E-state index contributed by atoms with van der Waals surface area (Å²) in [4.78, 5) is 25.1. The van der Waals surface area contributed by atoms with Crippen molar-refractivity contribution in [1.29, 1.82) is 0 Å². The van der Waals surface area contributed by atoms with Gasteiger partial charge in [-0.25, -0.2) is 4.79 Å². The molecule has 0 aromatic carbocycles. The number of carbonyl (C=O) groups excluding carboxylic acids is 1. The monoisotopic (exact) mass is 328 g/mol. The highest BCUT2D eigenvalue weighted by Gasteiger charge is 2.35.